The van der Waals surface area contributed by atoms with Crippen LogP contribution in [0.25, 0.3) is 0 Å². The molecule has 2 nitrogen and oxygen atoms in total. The Morgan fingerprint density at radius 3 is 2.81 bits per heavy atom. The van der Waals surface area contributed by atoms with Gasteiger partial charge in [0, 0.05) is 36.2 Å². The van der Waals surface area contributed by atoms with Crippen molar-refractivity contribution in [3.63, 3.8) is 0 Å². The Labute approximate surface area is 134 Å². The minimum atomic E-state index is 0.225. The average molecular weight is 309 g/mol. The lowest BCUT2D eigenvalue weighted by atomic mass is 9.88. The zero-order valence-corrected chi connectivity index (χ0v) is 14.6. The summed E-state index contributed by atoms with van der Waals surface area (Å²) in [6, 6.07) is 8.89. The fourth-order valence-electron chi connectivity index (χ4n) is 3.21. The van der Waals surface area contributed by atoms with E-state index in [4.69, 9.17) is 11.6 Å². The van der Waals surface area contributed by atoms with E-state index in [-0.39, 0.29) is 5.54 Å². The van der Waals surface area contributed by atoms with Crippen molar-refractivity contribution >= 4 is 11.6 Å². The summed E-state index contributed by atoms with van der Waals surface area (Å²) < 4.78 is 0. The Morgan fingerprint density at radius 2 is 2.19 bits per heavy atom. The molecule has 1 N–H and O–H groups in total. The van der Waals surface area contributed by atoms with Crippen molar-refractivity contribution in [3.8, 4) is 0 Å². The first-order chi connectivity index (χ1) is 9.97. The Kier molecular flexibility index (Phi) is 5.70. The molecule has 2 rings (SSSR count). The number of benzene rings is 1. The Morgan fingerprint density at radius 1 is 1.43 bits per heavy atom. The standard InChI is InChI=1S/C18H29ClN2/c1-5-14(3)17-11-20-18(4,6-2)13-21(17)12-15-8-7-9-16(19)10-15/h7-10,14,17,20H,5-6,11-13H2,1-4H3. The second-order valence-corrected chi connectivity index (χ2v) is 7.22. The van der Waals surface area contributed by atoms with E-state index in [1.54, 1.807) is 0 Å². The molecule has 3 atom stereocenters. The van der Waals surface area contributed by atoms with Crippen LogP contribution in [-0.4, -0.2) is 29.6 Å². The van der Waals surface area contributed by atoms with Crippen LogP contribution in [-0.2, 0) is 6.54 Å². The second kappa shape index (κ2) is 7.13. The number of nitrogens with zero attached hydrogens (tertiary/aromatic N) is 1. The molecule has 0 bridgehead atoms. The molecule has 118 valence electrons. The van der Waals surface area contributed by atoms with Gasteiger partial charge in [0.1, 0.15) is 0 Å². The molecular weight excluding hydrogens is 280 g/mol. The van der Waals surface area contributed by atoms with Crippen molar-refractivity contribution in [2.75, 3.05) is 13.1 Å². The van der Waals surface area contributed by atoms with Gasteiger partial charge in [-0.1, -0.05) is 50.9 Å². The third-order valence-electron chi connectivity index (χ3n) is 5.11. The van der Waals surface area contributed by atoms with Crippen LogP contribution in [0.2, 0.25) is 5.02 Å². The highest BCUT2D eigenvalue weighted by atomic mass is 35.5. The first-order valence-corrected chi connectivity index (χ1v) is 8.58. The molecule has 1 aliphatic heterocycles. The molecule has 1 saturated heterocycles. The van der Waals surface area contributed by atoms with Crippen LogP contribution in [0, 0.1) is 5.92 Å². The van der Waals surface area contributed by atoms with Crippen LogP contribution < -0.4 is 5.32 Å². The summed E-state index contributed by atoms with van der Waals surface area (Å²) in [5.41, 5.74) is 1.54. The molecule has 0 aromatic heterocycles. The molecule has 0 radical (unpaired) electrons. The minimum Gasteiger partial charge on any atom is -0.309 e. The molecule has 3 heteroatoms. The number of rotatable bonds is 5. The first-order valence-electron chi connectivity index (χ1n) is 8.21. The maximum atomic E-state index is 6.14. The van der Waals surface area contributed by atoms with Gasteiger partial charge in [0.15, 0.2) is 0 Å². The molecule has 3 unspecified atom stereocenters. The van der Waals surface area contributed by atoms with E-state index >= 15 is 0 Å². The predicted molar refractivity (Wildman–Crippen MR) is 91.8 cm³/mol. The van der Waals surface area contributed by atoms with E-state index < -0.39 is 0 Å². The van der Waals surface area contributed by atoms with Crippen LogP contribution >= 0.6 is 11.6 Å². The van der Waals surface area contributed by atoms with Gasteiger partial charge in [-0.15, -0.1) is 0 Å². The number of hydrogen-bond donors (Lipinski definition) is 1. The predicted octanol–water partition coefficient (Wildman–Crippen LogP) is 4.33. The highest BCUT2D eigenvalue weighted by Gasteiger charge is 2.36. The van der Waals surface area contributed by atoms with Gasteiger partial charge < -0.3 is 5.32 Å². The van der Waals surface area contributed by atoms with E-state index in [2.05, 4.69) is 56.1 Å². The van der Waals surface area contributed by atoms with E-state index in [0.29, 0.717) is 12.0 Å². The minimum absolute atomic E-state index is 0.225. The SMILES string of the molecule is CCC(C)C1CNC(C)(CC)CN1Cc1cccc(Cl)c1. The zero-order valence-electron chi connectivity index (χ0n) is 13.8. The van der Waals surface area contributed by atoms with Gasteiger partial charge in [0.2, 0.25) is 0 Å². The van der Waals surface area contributed by atoms with Crippen molar-refractivity contribution in [1.82, 2.24) is 10.2 Å². The molecule has 21 heavy (non-hydrogen) atoms. The smallest absolute Gasteiger partial charge is 0.0409 e. The fraction of sp³-hybridized carbons (Fsp3) is 0.667. The van der Waals surface area contributed by atoms with Crippen LogP contribution in [0.15, 0.2) is 24.3 Å². The van der Waals surface area contributed by atoms with Crippen LogP contribution in [0.3, 0.4) is 0 Å². The first kappa shape index (κ1) is 16.8. The third kappa shape index (κ3) is 4.21. The summed E-state index contributed by atoms with van der Waals surface area (Å²) in [7, 11) is 0. The van der Waals surface area contributed by atoms with Gasteiger partial charge in [0.25, 0.3) is 0 Å². The van der Waals surface area contributed by atoms with Crippen molar-refractivity contribution in [3.05, 3.63) is 34.9 Å². The molecule has 0 saturated carbocycles. The molecular formula is C18H29ClN2. The zero-order chi connectivity index (χ0) is 15.5. The Hall–Kier alpha value is -0.570. The van der Waals surface area contributed by atoms with Crippen LogP contribution in [0.4, 0.5) is 0 Å². The molecule has 1 aliphatic rings. The number of piperazine rings is 1. The molecule has 1 aromatic carbocycles. The van der Waals surface area contributed by atoms with E-state index in [9.17, 15) is 0 Å². The lowest BCUT2D eigenvalue weighted by Gasteiger charge is -2.48. The lowest BCUT2D eigenvalue weighted by molar-refractivity contribution is 0.0487. The molecule has 1 aromatic rings. The quantitative estimate of drug-likeness (QED) is 0.871. The van der Waals surface area contributed by atoms with Crippen molar-refractivity contribution < 1.29 is 0 Å². The number of halogens is 1. The van der Waals surface area contributed by atoms with Crippen molar-refractivity contribution in [1.29, 1.82) is 0 Å². The van der Waals surface area contributed by atoms with E-state index in [1.165, 1.54) is 12.0 Å². The van der Waals surface area contributed by atoms with Gasteiger partial charge in [-0.05, 0) is 37.0 Å². The lowest BCUT2D eigenvalue weighted by Crippen LogP contribution is -2.63. The maximum absolute atomic E-state index is 6.14. The summed E-state index contributed by atoms with van der Waals surface area (Å²) in [5, 5.41) is 4.60. The molecule has 0 aliphatic carbocycles. The number of nitrogens with one attached hydrogen (secondary N) is 1. The fourth-order valence-corrected chi connectivity index (χ4v) is 3.43. The van der Waals surface area contributed by atoms with Gasteiger partial charge >= 0.3 is 0 Å². The monoisotopic (exact) mass is 308 g/mol. The summed E-state index contributed by atoms with van der Waals surface area (Å²) in [6.07, 6.45) is 2.38. The summed E-state index contributed by atoms with van der Waals surface area (Å²) >= 11 is 6.14. The van der Waals surface area contributed by atoms with E-state index in [1.807, 2.05) is 6.07 Å². The van der Waals surface area contributed by atoms with Gasteiger partial charge in [-0.3, -0.25) is 4.90 Å². The molecule has 0 spiro atoms. The van der Waals surface area contributed by atoms with Gasteiger partial charge in [-0.2, -0.15) is 0 Å². The topological polar surface area (TPSA) is 15.3 Å². The summed E-state index contributed by atoms with van der Waals surface area (Å²) in [4.78, 5) is 2.65. The Balaban J connectivity index is 2.16. The van der Waals surface area contributed by atoms with Crippen LogP contribution in [0.5, 0.6) is 0 Å². The van der Waals surface area contributed by atoms with E-state index in [0.717, 1.165) is 31.1 Å². The Bertz CT molecular complexity index is 462. The molecule has 1 fully saturated rings. The molecule has 1 heterocycles. The highest BCUT2D eigenvalue weighted by Crippen LogP contribution is 2.26. The highest BCUT2D eigenvalue weighted by molar-refractivity contribution is 6.30. The average Bonchev–Trinajstić information content (AvgIpc) is 2.47. The summed E-state index contributed by atoms with van der Waals surface area (Å²) in [5.74, 6) is 0.707. The van der Waals surface area contributed by atoms with Gasteiger partial charge in [-0.25, -0.2) is 0 Å². The third-order valence-corrected chi connectivity index (χ3v) is 5.35. The second-order valence-electron chi connectivity index (χ2n) is 6.78. The van der Waals surface area contributed by atoms with Gasteiger partial charge in [0.05, 0.1) is 0 Å². The van der Waals surface area contributed by atoms with Crippen molar-refractivity contribution in [2.45, 2.75) is 58.7 Å². The normalized spacial score (nSPS) is 28.5. The van der Waals surface area contributed by atoms with Crippen molar-refractivity contribution in [2.24, 2.45) is 5.92 Å². The molecule has 0 amide bonds. The maximum Gasteiger partial charge on any atom is 0.0409 e. The van der Waals surface area contributed by atoms with Crippen LogP contribution in [0.1, 0.15) is 46.1 Å². The summed E-state index contributed by atoms with van der Waals surface area (Å²) in [6.45, 7) is 12.4. The number of hydrogen-bond acceptors (Lipinski definition) is 2. The largest absolute Gasteiger partial charge is 0.309 e.